The number of anilines is 1. The van der Waals surface area contributed by atoms with Gasteiger partial charge in [0.15, 0.2) is 0 Å². The van der Waals surface area contributed by atoms with Gasteiger partial charge in [-0.25, -0.2) is 9.97 Å². The summed E-state index contributed by atoms with van der Waals surface area (Å²) in [7, 11) is 0. The minimum Gasteiger partial charge on any atom is -0.367 e. The van der Waals surface area contributed by atoms with Gasteiger partial charge in [0.05, 0.1) is 0 Å². The molecule has 0 bridgehead atoms. The van der Waals surface area contributed by atoms with Crippen molar-refractivity contribution in [2.45, 2.75) is 84.1 Å². The molecule has 2 rings (SSSR count). The highest BCUT2D eigenvalue weighted by Gasteiger charge is 2.22. The first-order valence-electron chi connectivity index (χ1n) is 8.19. The Labute approximate surface area is 133 Å². The van der Waals surface area contributed by atoms with Crippen LogP contribution in [0.4, 0.5) is 5.82 Å². The molecular weight excluding hydrogens is 282 g/mol. The molecule has 4 heteroatoms. The smallest absolute Gasteiger partial charge is 0.137 e. The van der Waals surface area contributed by atoms with Gasteiger partial charge in [0, 0.05) is 17.0 Å². The maximum absolute atomic E-state index is 6.31. The van der Waals surface area contributed by atoms with E-state index in [1.54, 1.807) is 0 Å². The molecule has 21 heavy (non-hydrogen) atoms. The van der Waals surface area contributed by atoms with Crippen molar-refractivity contribution in [2.75, 3.05) is 5.32 Å². The molecule has 1 heterocycles. The third-order valence-electron chi connectivity index (χ3n) is 4.20. The zero-order valence-electron chi connectivity index (χ0n) is 13.8. The lowest BCUT2D eigenvalue weighted by Crippen LogP contribution is -2.24. The largest absolute Gasteiger partial charge is 0.367 e. The Morgan fingerprint density at radius 3 is 2.14 bits per heavy atom. The van der Waals surface area contributed by atoms with E-state index in [1.807, 2.05) is 6.92 Å². The van der Waals surface area contributed by atoms with E-state index in [-0.39, 0.29) is 5.41 Å². The van der Waals surface area contributed by atoms with E-state index < -0.39 is 0 Å². The number of nitrogens with zero attached hydrogens (tertiary/aromatic N) is 2. The van der Waals surface area contributed by atoms with Gasteiger partial charge in [-0.05, 0) is 19.8 Å². The first-order chi connectivity index (χ1) is 9.88. The normalized spacial score (nSPS) is 18.1. The molecule has 0 unspecified atom stereocenters. The van der Waals surface area contributed by atoms with E-state index in [0.717, 1.165) is 17.2 Å². The van der Waals surface area contributed by atoms with Crippen molar-refractivity contribution in [3.05, 3.63) is 16.5 Å². The summed E-state index contributed by atoms with van der Waals surface area (Å²) in [6, 6.07) is 0.516. The van der Waals surface area contributed by atoms with Crippen molar-refractivity contribution in [1.82, 2.24) is 9.97 Å². The van der Waals surface area contributed by atoms with E-state index in [0.29, 0.717) is 11.2 Å². The molecule has 1 aromatic rings. The van der Waals surface area contributed by atoms with Crippen molar-refractivity contribution in [3.8, 4) is 0 Å². The quantitative estimate of drug-likeness (QED) is 0.757. The third kappa shape index (κ3) is 4.57. The van der Waals surface area contributed by atoms with Crippen molar-refractivity contribution in [3.63, 3.8) is 0 Å². The van der Waals surface area contributed by atoms with E-state index in [4.69, 9.17) is 16.6 Å². The van der Waals surface area contributed by atoms with E-state index >= 15 is 0 Å². The number of aromatic nitrogens is 2. The van der Waals surface area contributed by atoms with Gasteiger partial charge in [-0.3, -0.25) is 0 Å². The SMILES string of the molecule is Cc1c(Cl)nc(C(C)(C)C)nc1NC1CCCCCCC1. The minimum atomic E-state index is -0.0886. The predicted octanol–water partition coefficient (Wildman–Crippen LogP) is 5.26. The van der Waals surface area contributed by atoms with Crippen molar-refractivity contribution in [1.29, 1.82) is 0 Å². The molecule has 1 aromatic heterocycles. The fourth-order valence-electron chi connectivity index (χ4n) is 2.76. The van der Waals surface area contributed by atoms with Crippen LogP contribution in [-0.2, 0) is 5.41 Å². The second kappa shape index (κ2) is 6.95. The third-order valence-corrected chi connectivity index (χ3v) is 4.57. The van der Waals surface area contributed by atoms with Crippen LogP contribution in [0.1, 0.15) is 77.1 Å². The van der Waals surface area contributed by atoms with Gasteiger partial charge in [-0.2, -0.15) is 0 Å². The number of halogens is 1. The second-order valence-electron chi connectivity index (χ2n) is 7.25. The van der Waals surface area contributed by atoms with Crippen molar-refractivity contribution in [2.24, 2.45) is 0 Å². The van der Waals surface area contributed by atoms with Crippen LogP contribution in [0.25, 0.3) is 0 Å². The van der Waals surface area contributed by atoms with Crippen LogP contribution in [0, 0.1) is 6.92 Å². The first kappa shape index (κ1) is 16.5. The van der Waals surface area contributed by atoms with E-state index in [1.165, 1.54) is 44.9 Å². The topological polar surface area (TPSA) is 37.8 Å². The van der Waals surface area contributed by atoms with Crippen LogP contribution < -0.4 is 5.32 Å². The summed E-state index contributed by atoms with van der Waals surface area (Å²) in [5.41, 5.74) is 0.876. The second-order valence-corrected chi connectivity index (χ2v) is 7.61. The Morgan fingerprint density at radius 1 is 1.00 bits per heavy atom. The molecule has 0 radical (unpaired) electrons. The van der Waals surface area contributed by atoms with Crippen molar-refractivity contribution >= 4 is 17.4 Å². The molecule has 1 fully saturated rings. The van der Waals surface area contributed by atoms with Crippen molar-refractivity contribution < 1.29 is 0 Å². The molecule has 0 saturated heterocycles. The summed E-state index contributed by atoms with van der Waals surface area (Å²) in [6.07, 6.45) is 9.17. The summed E-state index contributed by atoms with van der Waals surface area (Å²) < 4.78 is 0. The summed E-state index contributed by atoms with van der Waals surface area (Å²) in [6.45, 7) is 8.36. The molecule has 1 saturated carbocycles. The summed E-state index contributed by atoms with van der Waals surface area (Å²) in [5, 5.41) is 4.21. The zero-order valence-corrected chi connectivity index (χ0v) is 14.6. The number of hydrogen-bond acceptors (Lipinski definition) is 3. The van der Waals surface area contributed by atoms with Crippen LogP contribution in [0.5, 0.6) is 0 Å². The number of rotatable bonds is 2. The highest BCUT2D eigenvalue weighted by Crippen LogP contribution is 2.28. The minimum absolute atomic E-state index is 0.0886. The molecule has 0 amide bonds. The number of hydrogen-bond donors (Lipinski definition) is 1. The van der Waals surface area contributed by atoms with Gasteiger partial charge >= 0.3 is 0 Å². The molecule has 1 aliphatic rings. The Morgan fingerprint density at radius 2 is 1.57 bits per heavy atom. The van der Waals surface area contributed by atoms with Gasteiger partial charge in [-0.15, -0.1) is 0 Å². The lowest BCUT2D eigenvalue weighted by atomic mass is 9.95. The lowest BCUT2D eigenvalue weighted by molar-refractivity contribution is 0.469. The summed E-state index contributed by atoms with van der Waals surface area (Å²) >= 11 is 6.31. The Hall–Kier alpha value is -0.830. The van der Waals surface area contributed by atoms with Gasteiger partial charge < -0.3 is 5.32 Å². The summed E-state index contributed by atoms with van der Waals surface area (Å²) in [5.74, 6) is 1.73. The van der Waals surface area contributed by atoms with Crippen LogP contribution in [0.2, 0.25) is 5.15 Å². The monoisotopic (exact) mass is 309 g/mol. The fourth-order valence-corrected chi connectivity index (χ4v) is 2.93. The predicted molar refractivity (Wildman–Crippen MR) is 90.2 cm³/mol. The molecular formula is C17H28ClN3. The van der Waals surface area contributed by atoms with Crippen LogP contribution >= 0.6 is 11.6 Å². The van der Waals surface area contributed by atoms with Gasteiger partial charge in [-0.1, -0.05) is 64.5 Å². The van der Waals surface area contributed by atoms with E-state index in [9.17, 15) is 0 Å². The molecule has 0 atom stereocenters. The summed E-state index contributed by atoms with van der Waals surface area (Å²) in [4.78, 5) is 9.19. The van der Waals surface area contributed by atoms with Crippen LogP contribution in [-0.4, -0.2) is 16.0 Å². The van der Waals surface area contributed by atoms with Gasteiger partial charge in [0.25, 0.3) is 0 Å². The maximum atomic E-state index is 6.31. The Kier molecular flexibility index (Phi) is 5.48. The van der Waals surface area contributed by atoms with Gasteiger partial charge in [0.1, 0.15) is 16.8 Å². The standard InChI is InChI=1S/C17H28ClN3/c1-12-14(18)20-16(17(2,3)4)21-15(12)19-13-10-8-6-5-7-9-11-13/h13H,5-11H2,1-4H3,(H,19,20,21). The van der Waals surface area contributed by atoms with E-state index in [2.05, 4.69) is 31.1 Å². The average Bonchev–Trinajstić information content (AvgIpc) is 2.36. The molecule has 1 aliphatic carbocycles. The molecule has 1 N–H and O–H groups in total. The van der Waals surface area contributed by atoms with Gasteiger partial charge in [0.2, 0.25) is 0 Å². The molecule has 0 spiro atoms. The molecule has 3 nitrogen and oxygen atoms in total. The maximum Gasteiger partial charge on any atom is 0.137 e. The fraction of sp³-hybridized carbons (Fsp3) is 0.765. The number of nitrogens with one attached hydrogen (secondary N) is 1. The first-order valence-corrected chi connectivity index (χ1v) is 8.57. The molecule has 0 aliphatic heterocycles. The Balaban J connectivity index is 2.19. The average molecular weight is 310 g/mol. The zero-order chi connectivity index (χ0) is 15.5. The highest BCUT2D eigenvalue weighted by atomic mass is 35.5. The van der Waals surface area contributed by atoms with Crippen LogP contribution in [0.3, 0.4) is 0 Å². The molecule has 0 aromatic carbocycles. The van der Waals surface area contributed by atoms with Crippen LogP contribution in [0.15, 0.2) is 0 Å². The lowest BCUT2D eigenvalue weighted by Gasteiger charge is -2.24. The highest BCUT2D eigenvalue weighted by molar-refractivity contribution is 6.30. The molecule has 118 valence electrons. The Bertz CT molecular complexity index is 472.